The molecular weight excluding hydrogens is 240 g/mol. The van der Waals surface area contributed by atoms with E-state index in [0.717, 1.165) is 17.5 Å². The van der Waals surface area contributed by atoms with Gasteiger partial charge in [-0.05, 0) is 24.5 Å². The van der Waals surface area contributed by atoms with E-state index >= 15 is 0 Å². The van der Waals surface area contributed by atoms with Gasteiger partial charge < -0.3 is 15.8 Å². The smallest absolute Gasteiger partial charge is 0.222 e. The van der Waals surface area contributed by atoms with Crippen LogP contribution in [0, 0.1) is 6.92 Å². The van der Waals surface area contributed by atoms with Crippen LogP contribution in [-0.2, 0) is 9.53 Å². The summed E-state index contributed by atoms with van der Waals surface area (Å²) in [6.07, 6.45) is 1.14. The number of ether oxygens (including phenoxy) is 1. The minimum Gasteiger partial charge on any atom is -0.383 e. The summed E-state index contributed by atoms with van der Waals surface area (Å²) in [5.74, 6) is -0.0281. The first kappa shape index (κ1) is 15.7. The maximum atomic E-state index is 11.9. The van der Waals surface area contributed by atoms with E-state index in [1.165, 1.54) is 0 Å². The minimum absolute atomic E-state index is 0.0281. The van der Waals surface area contributed by atoms with E-state index in [-0.39, 0.29) is 18.0 Å². The lowest BCUT2D eigenvalue weighted by atomic mass is 9.99. The first-order chi connectivity index (χ1) is 9.08. The molecular formula is C15H24N2O2. The SMILES string of the molecule is CCC(COC)NC(=O)C[C@H](N)c1ccccc1C. The van der Waals surface area contributed by atoms with Crippen molar-refractivity contribution >= 4 is 5.91 Å². The predicted molar refractivity (Wildman–Crippen MR) is 76.8 cm³/mol. The number of rotatable bonds is 7. The maximum Gasteiger partial charge on any atom is 0.222 e. The Kier molecular flexibility index (Phi) is 6.53. The second-order valence-electron chi connectivity index (χ2n) is 4.80. The molecule has 0 fully saturated rings. The van der Waals surface area contributed by atoms with Crippen LogP contribution in [0.5, 0.6) is 0 Å². The Balaban J connectivity index is 2.55. The summed E-state index contributed by atoms with van der Waals surface area (Å²) < 4.78 is 5.06. The summed E-state index contributed by atoms with van der Waals surface area (Å²) in [6.45, 7) is 4.56. The third-order valence-corrected chi connectivity index (χ3v) is 3.22. The van der Waals surface area contributed by atoms with Crippen LogP contribution < -0.4 is 11.1 Å². The third-order valence-electron chi connectivity index (χ3n) is 3.22. The molecule has 0 aliphatic heterocycles. The Morgan fingerprint density at radius 3 is 2.68 bits per heavy atom. The van der Waals surface area contributed by atoms with Crippen molar-refractivity contribution < 1.29 is 9.53 Å². The summed E-state index contributed by atoms with van der Waals surface area (Å²) in [5, 5.41) is 2.94. The number of hydrogen-bond acceptors (Lipinski definition) is 3. The number of carbonyl (C=O) groups is 1. The topological polar surface area (TPSA) is 64.3 Å². The Hall–Kier alpha value is -1.39. The van der Waals surface area contributed by atoms with E-state index in [1.807, 2.05) is 38.1 Å². The Bertz CT molecular complexity index is 407. The molecule has 1 unspecified atom stereocenters. The quantitative estimate of drug-likeness (QED) is 0.791. The molecule has 0 bridgehead atoms. The summed E-state index contributed by atoms with van der Waals surface area (Å²) in [5.41, 5.74) is 8.24. The molecule has 0 saturated carbocycles. The molecule has 0 saturated heterocycles. The van der Waals surface area contributed by atoms with Crippen LogP contribution in [0.25, 0.3) is 0 Å². The van der Waals surface area contributed by atoms with Gasteiger partial charge in [0.25, 0.3) is 0 Å². The predicted octanol–water partition coefficient (Wildman–Crippen LogP) is 1.93. The third kappa shape index (κ3) is 5.01. The van der Waals surface area contributed by atoms with Crippen LogP contribution >= 0.6 is 0 Å². The van der Waals surface area contributed by atoms with Crippen molar-refractivity contribution in [3.8, 4) is 0 Å². The van der Waals surface area contributed by atoms with E-state index in [4.69, 9.17) is 10.5 Å². The van der Waals surface area contributed by atoms with Gasteiger partial charge in [0, 0.05) is 19.6 Å². The first-order valence-electron chi connectivity index (χ1n) is 6.67. The number of methoxy groups -OCH3 is 1. The number of carbonyl (C=O) groups excluding carboxylic acids is 1. The molecule has 0 radical (unpaired) electrons. The van der Waals surface area contributed by atoms with E-state index < -0.39 is 0 Å². The molecule has 1 amide bonds. The molecule has 4 heteroatoms. The van der Waals surface area contributed by atoms with E-state index in [2.05, 4.69) is 5.32 Å². The van der Waals surface area contributed by atoms with E-state index in [9.17, 15) is 4.79 Å². The van der Waals surface area contributed by atoms with Gasteiger partial charge in [-0.2, -0.15) is 0 Å². The Morgan fingerprint density at radius 1 is 1.42 bits per heavy atom. The summed E-state index contributed by atoms with van der Waals surface area (Å²) >= 11 is 0. The van der Waals surface area contributed by atoms with Gasteiger partial charge in [-0.3, -0.25) is 4.79 Å². The Labute approximate surface area is 115 Å². The van der Waals surface area contributed by atoms with Crippen LogP contribution in [-0.4, -0.2) is 25.7 Å². The molecule has 19 heavy (non-hydrogen) atoms. The largest absolute Gasteiger partial charge is 0.383 e. The summed E-state index contributed by atoms with van der Waals surface area (Å²) in [6, 6.07) is 7.69. The highest BCUT2D eigenvalue weighted by molar-refractivity contribution is 5.77. The van der Waals surface area contributed by atoms with Crippen molar-refractivity contribution in [1.82, 2.24) is 5.32 Å². The lowest BCUT2D eigenvalue weighted by Gasteiger charge is -2.18. The molecule has 0 aliphatic carbocycles. The molecule has 4 nitrogen and oxygen atoms in total. The lowest BCUT2D eigenvalue weighted by Crippen LogP contribution is -2.38. The first-order valence-corrected chi connectivity index (χ1v) is 6.67. The number of aryl methyl sites for hydroxylation is 1. The second kappa shape index (κ2) is 7.92. The fourth-order valence-electron chi connectivity index (χ4n) is 2.06. The zero-order valence-electron chi connectivity index (χ0n) is 12.0. The van der Waals surface area contributed by atoms with Crippen LogP contribution in [0.2, 0.25) is 0 Å². The normalized spacial score (nSPS) is 13.9. The molecule has 1 aromatic rings. The van der Waals surface area contributed by atoms with Crippen LogP contribution in [0.1, 0.15) is 36.9 Å². The van der Waals surface area contributed by atoms with Gasteiger partial charge in [0.2, 0.25) is 5.91 Å². The highest BCUT2D eigenvalue weighted by atomic mass is 16.5. The van der Waals surface area contributed by atoms with Gasteiger partial charge in [0.15, 0.2) is 0 Å². The average Bonchev–Trinajstić information content (AvgIpc) is 2.38. The van der Waals surface area contributed by atoms with Gasteiger partial charge >= 0.3 is 0 Å². The van der Waals surface area contributed by atoms with Crippen LogP contribution in [0.15, 0.2) is 24.3 Å². The van der Waals surface area contributed by atoms with Gasteiger partial charge in [0.1, 0.15) is 0 Å². The van der Waals surface area contributed by atoms with E-state index in [0.29, 0.717) is 13.0 Å². The number of nitrogens with one attached hydrogen (secondary N) is 1. The van der Waals surface area contributed by atoms with Gasteiger partial charge in [-0.15, -0.1) is 0 Å². The molecule has 0 aromatic heterocycles. The highest BCUT2D eigenvalue weighted by Gasteiger charge is 2.15. The van der Waals surface area contributed by atoms with Gasteiger partial charge in [-0.25, -0.2) is 0 Å². The van der Waals surface area contributed by atoms with Gasteiger partial charge in [-0.1, -0.05) is 31.2 Å². The fourth-order valence-corrected chi connectivity index (χ4v) is 2.06. The summed E-state index contributed by atoms with van der Waals surface area (Å²) in [7, 11) is 1.63. The van der Waals surface area contributed by atoms with Crippen molar-refractivity contribution in [1.29, 1.82) is 0 Å². The fraction of sp³-hybridized carbons (Fsp3) is 0.533. The zero-order chi connectivity index (χ0) is 14.3. The monoisotopic (exact) mass is 264 g/mol. The number of amides is 1. The standard InChI is InChI=1S/C15H24N2O2/c1-4-12(10-19-3)17-15(18)9-14(16)13-8-6-5-7-11(13)2/h5-8,12,14H,4,9-10,16H2,1-3H3,(H,17,18)/t12?,14-/m0/s1. The van der Waals surface area contributed by atoms with Crippen molar-refractivity contribution in [3.05, 3.63) is 35.4 Å². The zero-order valence-corrected chi connectivity index (χ0v) is 12.0. The summed E-state index contributed by atoms with van der Waals surface area (Å²) in [4.78, 5) is 11.9. The van der Waals surface area contributed by atoms with Crippen molar-refractivity contribution in [2.75, 3.05) is 13.7 Å². The lowest BCUT2D eigenvalue weighted by molar-refractivity contribution is -0.122. The van der Waals surface area contributed by atoms with Crippen molar-refractivity contribution in [3.63, 3.8) is 0 Å². The van der Waals surface area contributed by atoms with Crippen molar-refractivity contribution in [2.24, 2.45) is 5.73 Å². The number of benzene rings is 1. The molecule has 0 heterocycles. The van der Waals surface area contributed by atoms with E-state index in [1.54, 1.807) is 7.11 Å². The molecule has 0 spiro atoms. The maximum absolute atomic E-state index is 11.9. The molecule has 1 aromatic carbocycles. The molecule has 1 rings (SSSR count). The molecule has 106 valence electrons. The number of nitrogens with two attached hydrogens (primary N) is 1. The molecule has 3 N–H and O–H groups in total. The molecule has 2 atom stereocenters. The average molecular weight is 264 g/mol. The number of hydrogen-bond donors (Lipinski definition) is 2. The van der Waals surface area contributed by atoms with Crippen LogP contribution in [0.3, 0.4) is 0 Å². The van der Waals surface area contributed by atoms with Crippen LogP contribution in [0.4, 0.5) is 0 Å². The minimum atomic E-state index is -0.263. The van der Waals surface area contributed by atoms with Gasteiger partial charge in [0.05, 0.1) is 12.6 Å². The Morgan fingerprint density at radius 2 is 2.11 bits per heavy atom. The second-order valence-corrected chi connectivity index (χ2v) is 4.80. The highest BCUT2D eigenvalue weighted by Crippen LogP contribution is 2.17. The molecule has 0 aliphatic rings. The van der Waals surface area contributed by atoms with Crippen molar-refractivity contribution in [2.45, 2.75) is 38.8 Å².